The number of rotatable bonds is 3. The molecule has 0 spiro atoms. The number of carbonyl (C=O) groups excluding carboxylic acids is 1. The number of pyridine rings is 1. The maximum absolute atomic E-state index is 11.3. The number of amides is 1. The van der Waals surface area contributed by atoms with Crippen LogP contribution in [0.1, 0.15) is 25.5 Å². The highest BCUT2D eigenvalue weighted by molar-refractivity contribution is 5.81. The van der Waals surface area contributed by atoms with Crippen LogP contribution in [0, 0.1) is 0 Å². The van der Waals surface area contributed by atoms with Crippen molar-refractivity contribution in [2.45, 2.75) is 25.9 Å². The normalized spacial score (nSPS) is 14.5. The van der Waals surface area contributed by atoms with E-state index in [4.69, 9.17) is 5.73 Å². The fraction of sp³-hybridized carbons (Fsp3) is 0.400. The van der Waals surface area contributed by atoms with Crippen molar-refractivity contribution in [2.75, 3.05) is 0 Å². The average Bonchev–Trinajstić information content (AvgIpc) is 2.19. The Labute approximate surface area is 83.5 Å². The predicted molar refractivity (Wildman–Crippen MR) is 54.4 cm³/mol. The van der Waals surface area contributed by atoms with Crippen molar-refractivity contribution in [1.82, 2.24) is 10.3 Å². The van der Waals surface area contributed by atoms with E-state index in [1.807, 2.05) is 19.1 Å². The number of hydrogen-bond donors (Lipinski definition) is 2. The van der Waals surface area contributed by atoms with E-state index in [0.29, 0.717) is 0 Å². The van der Waals surface area contributed by atoms with Crippen LogP contribution in [0.25, 0.3) is 0 Å². The number of hydrogen-bond acceptors (Lipinski definition) is 3. The van der Waals surface area contributed by atoms with Crippen molar-refractivity contribution in [3.8, 4) is 0 Å². The SMILES string of the molecule is CC(N)C(=O)NC(C)c1cccnc1. The molecule has 0 radical (unpaired) electrons. The van der Waals surface area contributed by atoms with Crippen molar-refractivity contribution in [3.05, 3.63) is 30.1 Å². The molecule has 1 aromatic rings. The van der Waals surface area contributed by atoms with Crippen molar-refractivity contribution in [3.63, 3.8) is 0 Å². The largest absolute Gasteiger partial charge is 0.348 e. The summed E-state index contributed by atoms with van der Waals surface area (Å²) in [6.07, 6.45) is 3.43. The van der Waals surface area contributed by atoms with Crippen LogP contribution in [0.4, 0.5) is 0 Å². The highest BCUT2D eigenvalue weighted by Gasteiger charge is 2.11. The highest BCUT2D eigenvalue weighted by atomic mass is 16.2. The molecule has 0 aliphatic carbocycles. The molecule has 4 heteroatoms. The number of nitrogens with two attached hydrogens (primary N) is 1. The molecule has 3 N–H and O–H groups in total. The van der Waals surface area contributed by atoms with E-state index in [9.17, 15) is 4.79 Å². The van der Waals surface area contributed by atoms with Gasteiger partial charge in [0.1, 0.15) is 0 Å². The lowest BCUT2D eigenvalue weighted by Gasteiger charge is -2.15. The Morgan fingerprint density at radius 3 is 2.79 bits per heavy atom. The first-order chi connectivity index (χ1) is 6.61. The van der Waals surface area contributed by atoms with E-state index in [1.165, 1.54) is 0 Å². The molecule has 0 aliphatic rings. The van der Waals surface area contributed by atoms with Crippen LogP contribution < -0.4 is 11.1 Å². The summed E-state index contributed by atoms with van der Waals surface area (Å²) in [6, 6.07) is 3.22. The van der Waals surface area contributed by atoms with E-state index < -0.39 is 6.04 Å². The van der Waals surface area contributed by atoms with Crippen molar-refractivity contribution in [1.29, 1.82) is 0 Å². The molecule has 2 atom stereocenters. The molecule has 4 nitrogen and oxygen atoms in total. The van der Waals surface area contributed by atoms with Gasteiger partial charge in [-0.15, -0.1) is 0 Å². The molecule has 0 bridgehead atoms. The molecular weight excluding hydrogens is 178 g/mol. The molecule has 0 saturated heterocycles. The molecule has 14 heavy (non-hydrogen) atoms. The Hall–Kier alpha value is -1.42. The number of carbonyl (C=O) groups is 1. The van der Waals surface area contributed by atoms with E-state index >= 15 is 0 Å². The molecule has 76 valence electrons. The average molecular weight is 193 g/mol. The standard InChI is InChI=1S/C10H15N3O/c1-7(11)10(14)13-8(2)9-4-3-5-12-6-9/h3-8H,11H2,1-2H3,(H,13,14). The Morgan fingerprint density at radius 2 is 2.29 bits per heavy atom. The first kappa shape index (κ1) is 10.7. The van der Waals surface area contributed by atoms with Crippen LogP contribution in [-0.2, 0) is 4.79 Å². The molecule has 0 saturated carbocycles. The molecule has 0 fully saturated rings. The van der Waals surface area contributed by atoms with E-state index in [1.54, 1.807) is 19.3 Å². The molecule has 0 aromatic carbocycles. The summed E-state index contributed by atoms with van der Waals surface area (Å²) in [7, 11) is 0. The third kappa shape index (κ3) is 2.81. The fourth-order valence-corrected chi connectivity index (χ4v) is 1.06. The first-order valence-corrected chi connectivity index (χ1v) is 4.57. The molecular formula is C10H15N3O. The van der Waals surface area contributed by atoms with E-state index in [-0.39, 0.29) is 11.9 Å². The Balaban J connectivity index is 2.59. The Morgan fingerprint density at radius 1 is 1.57 bits per heavy atom. The third-order valence-electron chi connectivity index (χ3n) is 1.96. The number of nitrogens with one attached hydrogen (secondary N) is 1. The first-order valence-electron chi connectivity index (χ1n) is 4.57. The van der Waals surface area contributed by atoms with Crippen molar-refractivity contribution in [2.24, 2.45) is 5.73 Å². The van der Waals surface area contributed by atoms with Gasteiger partial charge in [0.05, 0.1) is 12.1 Å². The molecule has 1 rings (SSSR count). The zero-order chi connectivity index (χ0) is 10.6. The van der Waals surface area contributed by atoms with Crippen LogP contribution in [0.2, 0.25) is 0 Å². The summed E-state index contributed by atoms with van der Waals surface area (Å²) < 4.78 is 0. The summed E-state index contributed by atoms with van der Waals surface area (Å²) in [4.78, 5) is 15.2. The summed E-state index contributed by atoms with van der Waals surface area (Å²) in [5, 5.41) is 2.79. The van der Waals surface area contributed by atoms with Gasteiger partial charge in [-0.25, -0.2) is 0 Å². The minimum atomic E-state index is -0.478. The second kappa shape index (κ2) is 4.72. The van der Waals surface area contributed by atoms with Crippen LogP contribution in [-0.4, -0.2) is 16.9 Å². The van der Waals surface area contributed by atoms with E-state index in [0.717, 1.165) is 5.56 Å². The second-order valence-electron chi connectivity index (χ2n) is 3.31. The van der Waals surface area contributed by atoms with Crippen LogP contribution >= 0.6 is 0 Å². The summed E-state index contributed by atoms with van der Waals surface area (Å²) in [5.41, 5.74) is 6.41. The summed E-state index contributed by atoms with van der Waals surface area (Å²) in [5.74, 6) is -0.152. The highest BCUT2D eigenvalue weighted by Crippen LogP contribution is 2.09. The maximum atomic E-state index is 11.3. The zero-order valence-electron chi connectivity index (χ0n) is 8.40. The van der Waals surface area contributed by atoms with Gasteiger partial charge < -0.3 is 11.1 Å². The lowest BCUT2D eigenvalue weighted by atomic mass is 10.1. The summed E-state index contributed by atoms with van der Waals surface area (Å²) >= 11 is 0. The fourth-order valence-electron chi connectivity index (χ4n) is 1.06. The monoisotopic (exact) mass is 193 g/mol. The van der Waals surface area contributed by atoms with Gasteiger partial charge in [0.15, 0.2) is 0 Å². The van der Waals surface area contributed by atoms with E-state index in [2.05, 4.69) is 10.3 Å². The summed E-state index contributed by atoms with van der Waals surface area (Å²) in [6.45, 7) is 3.56. The third-order valence-corrected chi connectivity index (χ3v) is 1.96. The maximum Gasteiger partial charge on any atom is 0.237 e. The number of aromatic nitrogens is 1. The predicted octanol–water partition coefficient (Wildman–Crippen LogP) is 0.606. The van der Waals surface area contributed by atoms with Gasteiger partial charge in [-0.3, -0.25) is 9.78 Å². The lowest BCUT2D eigenvalue weighted by molar-refractivity contribution is -0.122. The van der Waals surface area contributed by atoms with Gasteiger partial charge in [-0.05, 0) is 25.5 Å². The molecule has 1 aromatic heterocycles. The Bertz CT molecular complexity index is 297. The Kier molecular flexibility index (Phi) is 3.59. The molecule has 1 heterocycles. The zero-order valence-corrected chi connectivity index (χ0v) is 8.40. The van der Waals surface area contributed by atoms with Gasteiger partial charge in [0.25, 0.3) is 0 Å². The van der Waals surface area contributed by atoms with Crippen LogP contribution in [0.15, 0.2) is 24.5 Å². The van der Waals surface area contributed by atoms with Crippen molar-refractivity contribution >= 4 is 5.91 Å². The van der Waals surface area contributed by atoms with Crippen LogP contribution in [0.3, 0.4) is 0 Å². The van der Waals surface area contributed by atoms with Gasteiger partial charge in [-0.2, -0.15) is 0 Å². The van der Waals surface area contributed by atoms with Crippen LogP contribution in [0.5, 0.6) is 0 Å². The minimum Gasteiger partial charge on any atom is -0.348 e. The number of nitrogens with zero attached hydrogens (tertiary/aromatic N) is 1. The quantitative estimate of drug-likeness (QED) is 0.739. The molecule has 0 aliphatic heterocycles. The minimum absolute atomic E-state index is 0.0535. The van der Waals surface area contributed by atoms with Gasteiger partial charge >= 0.3 is 0 Å². The lowest BCUT2D eigenvalue weighted by Crippen LogP contribution is -2.39. The van der Waals surface area contributed by atoms with Gasteiger partial charge in [0, 0.05) is 12.4 Å². The molecule has 2 unspecified atom stereocenters. The second-order valence-corrected chi connectivity index (χ2v) is 3.31. The molecule has 1 amide bonds. The topological polar surface area (TPSA) is 68.0 Å². The van der Waals surface area contributed by atoms with Gasteiger partial charge in [0.2, 0.25) is 5.91 Å². The van der Waals surface area contributed by atoms with Gasteiger partial charge in [-0.1, -0.05) is 6.07 Å². The van der Waals surface area contributed by atoms with Crippen molar-refractivity contribution < 1.29 is 4.79 Å². The smallest absolute Gasteiger partial charge is 0.237 e.